The summed E-state index contributed by atoms with van der Waals surface area (Å²) in [5.41, 5.74) is 1.66. The summed E-state index contributed by atoms with van der Waals surface area (Å²) < 4.78 is 5.45. The third-order valence-corrected chi connectivity index (χ3v) is 3.95. The zero-order valence-corrected chi connectivity index (χ0v) is 13.5. The molecule has 2 heterocycles. The van der Waals surface area contributed by atoms with Crippen LogP contribution in [0.25, 0.3) is 0 Å². The minimum Gasteiger partial charge on any atom is -0.474 e. The average Bonchev–Trinajstić information content (AvgIpc) is 3.05. The van der Waals surface area contributed by atoms with E-state index in [0.29, 0.717) is 17.5 Å². The predicted octanol–water partition coefficient (Wildman–Crippen LogP) is 2.89. The number of hydrogen-bond donors (Lipinski definition) is 0. The van der Waals surface area contributed by atoms with Crippen LogP contribution in [0, 0.1) is 0 Å². The second kappa shape index (κ2) is 6.77. The van der Waals surface area contributed by atoms with E-state index in [1.807, 2.05) is 36.9 Å². The van der Waals surface area contributed by atoms with Crippen LogP contribution in [-0.4, -0.2) is 40.0 Å². The molecule has 1 fully saturated rings. The fourth-order valence-electron chi connectivity index (χ4n) is 2.83. The number of carbonyl (C=O) groups is 1. The van der Waals surface area contributed by atoms with Crippen LogP contribution in [0.3, 0.4) is 0 Å². The highest BCUT2D eigenvalue weighted by molar-refractivity contribution is 5.92. The molecule has 1 aliphatic heterocycles. The van der Waals surface area contributed by atoms with Crippen molar-refractivity contribution in [1.82, 2.24) is 14.9 Å². The number of aromatic nitrogens is 2. The molecular formula is C18H21N3O2. The van der Waals surface area contributed by atoms with E-state index in [2.05, 4.69) is 22.1 Å². The topological polar surface area (TPSA) is 55.3 Å². The number of hydrogen-bond acceptors (Lipinski definition) is 4. The lowest BCUT2D eigenvalue weighted by molar-refractivity contribution is 0.0784. The molecule has 120 valence electrons. The van der Waals surface area contributed by atoms with Gasteiger partial charge >= 0.3 is 0 Å². The third-order valence-electron chi connectivity index (χ3n) is 3.95. The molecule has 1 aliphatic rings. The Bertz CT molecular complexity index is 656. The van der Waals surface area contributed by atoms with Gasteiger partial charge in [-0.1, -0.05) is 30.3 Å². The fourth-order valence-corrected chi connectivity index (χ4v) is 2.83. The molecule has 23 heavy (non-hydrogen) atoms. The van der Waals surface area contributed by atoms with E-state index in [1.165, 1.54) is 18.0 Å². The normalized spacial score (nSPS) is 17.5. The van der Waals surface area contributed by atoms with Gasteiger partial charge < -0.3 is 9.64 Å². The van der Waals surface area contributed by atoms with Crippen molar-refractivity contribution < 1.29 is 9.53 Å². The van der Waals surface area contributed by atoms with Crippen LogP contribution in [0.1, 0.15) is 42.2 Å². The molecule has 0 spiro atoms. The number of likely N-dealkylation sites (tertiary alicyclic amines) is 1. The van der Waals surface area contributed by atoms with Crippen molar-refractivity contribution in [3.63, 3.8) is 0 Å². The maximum Gasteiger partial charge on any atom is 0.274 e. The van der Waals surface area contributed by atoms with Crippen LogP contribution in [0.2, 0.25) is 0 Å². The largest absolute Gasteiger partial charge is 0.474 e. The minimum atomic E-state index is -0.0629. The van der Waals surface area contributed by atoms with E-state index in [0.717, 1.165) is 19.5 Å². The van der Waals surface area contributed by atoms with Crippen molar-refractivity contribution in [3.05, 3.63) is 54.0 Å². The lowest BCUT2D eigenvalue weighted by Crippen LogP contribution is -2.29. The molecule has 1 aromatic heterocycles. The first-order chi connectivity index (χ1) is 11.1. The number of benzene rings is 1. The molecule has 2 aromatic rings. The molecule has 0 radical (unpaired) electrons. The molecule has 0 N–H and O–H groups in total. The Morgan fingerprint density at radius 3 is 2.65 bits per heavy atom. The summed E-state index contributed by atoms with van der Waals surface area (Å²) in [5, 5.41) is 0. The molecule has 5 heteroatoms. The summed E-state index contributed by atoms with van der Waals surface area (Å²) in [6, 6.07) is 10.3. The molecule has 1 unspecified atom stereocenters. The molecule has 1 saturated heterocycles. The molecule has 1 amide bonds. The van der Waals surface area contributed by atoms with Crippen molar-refractivity contribution >= 4 is 5.91 Å². The summed E-state index contributed by atoms with van der Waals surface area (Å²) >= 11 is 0. The van der Waals surface area contributed by atoms with Crippen LogP contribution in [0.5, 0.6) is 5.88 Å². The summed E-state index contributed by atoms with van der Waals surface area (Å²) in [5.74, 6) is 0.781. The van der Waals surface area contributed by atoms with Crippen molar-refractivity contribution in [1.29, 1.82) is 0 Å². The first kappa shape index (κ1) is 15.5. The number of ether oxygens (including phenoxy) is 1. The van der Waals surface area contributed by atoms with E-state index < -0.39 is 0 Å². The van der Waals surface area contributed by atoms with Crippen molar-refractivity contribution in [3.8, 4) is 5.88 Å². The van der Waals surface area contributed by atoms with Gasteiger partial charge in [0.05, 0.1) is 18.5 Å². The lowest BCUT2D eigenvalue weighted by Gasteiger charge is -2.16. The Morgan fingerprint density at radius 2 is 2.00 bits per heavy atom. The highest BCUT2D eigenvalue weighted by Gasteiger charge is 2.28. The van der Waals surface area contributed by atoms with Gasteiger partial charge in [-0.2, -0.15) is 0 Å². The fraction of sp³-hybridized carbons (Fsp3) is 0.389. The van der Waals surface area contributed by atoms with Crippen molar-refractivity contribution in [2.45, 2.75) is 32.3 Å². The monoisotopic (exact) mass is 311 g/mol. The Labute approximate surface area is 136 Å². The van der Waals surface area contributed by atoms with E-state index in [1.54, 1.807) is 0 Å². The van der Waals surface area contributed by atoms with Gasteiger partial charge in [-0.25, -0.2) is 9.97 Å². The third kappa shape index (κ3) is 3.67. The van der Waals surface area contributed by atoms with E-state index in [-0.39, 0.29) is 12.0 Å². The minimum absolute atomic E-state index is 0.0380. The molecule has 3 rings (SSSR count). The van der Waals surface area contributed by atoms with Gasteiger partial charge in [-0.3, -0.25) is 4.79 Å². The van der Waals surface area contributed by atoms with Crippen molar-refractivity contribution in [2.24, 2.45) is 0 Å². The number of rotatable bonds is 4. The molecule has 5 nitrogen and oxygen atoms in total. The maximum absolute atomic E-state index is 12.5. The van der Waals surface area contributed by atoms with Crippen LogP contribution in [-0.2, 0) is 0 Å². The highest BCUT2D eigenvalue weighted by Crippen LogP contribution is 2.27. The second-order valence-electron chi connectivity index (χ2n) is 6.05. The quantitative estimate of drug-likeness (QED) is 0.871. The van der Waals surface area contributed by atoms with Crippen LogP contribution >= 0.6 is 0 Å². The van der Waals surface area contributed by atoms with Gasteiger partial charge in [-0.05, 0) is 25.8 Å². The Kier molecular flexibility index (Phi) is 4.55. The van der Waals surface area contributed by atoms with Gasteiger partial charge in [0.25, 0.3) is 5.91 Å². The van der Waals surface area contributed by atoms with Crippen LogP contribution < -0.4 is 4.74 Å². The maximum atomic E-state index is 12.5. The van der Waals surface area contributed by atoms with Crippen LogP contribution in [0.4, 0.5) is 0 Å². The molecule has 0 aliphatic carbocycles. The van der Waals surface area contributed by atoms with Gasteiger partial charge in [0, 0.05) is 19.0 Å². The Balaban J connectivity index is 1.65. The molecular weight excluding hydrogens is 290 g/mol. The number of amides is 1. The zero-order chi connectivity index (χ0) is 16.2. The molecule has 1 aromatic carbocycles. The Morgan fingerprint density at radius 1 is 1.22 bits per heavy atom. The van der Waals surface area contributed by atoms with Gasteiger partial charge in [0.15, 0.2) is 0 Å². The SMILES string of the molecule is CC(C)Oc1cnc(C(=O)N2CCC(c3ccccc3)C2)cn1. The van der Waals surface area contributed by atoms with E-state index in [9.17, 15) is 4.79 Å². The zero-order valence-electron chi connectivity index (χ0n) is 13.5. The molecule has 1 atom stereocenters. The predicted molar refractivity (Wildman–Crippen MR) is 87.5 cm³/mol. The molecule has 0 saturated carbocycles. The van der Waals surface area contributed by atoms with E-state index in [4.69, 9.17) is 4.74 Å². The summed E-state index contributed by atoms with van der Waals surface area (Å²) in [4.78, 5) is 22.7. The summed E-state index contributed by atoms with van der Waals surface area (Å²) in [7, 11) is 0. The first-order valence-corrected chi connectivity index (χ1v) is 7.96. The number of nitrogens with zero attached hydrogens (tertiary/aromatic N) is 3. The van der Waals surface area contributed by atoms with Gasteiger partial charge in [-0.15, -0.1) is 0 Å². The highest BCUT2D eigenvalue weighted by atomic mass is 16.5. The van der Waals surface area contributed by atoms with E-state index >= 15 is 0 Å². The second-order valence-corrected chi connectivity index (χ2v) is 6.05. The van der Waals surface area contributed by atoms with Gasteiger partial charge in [0.2, 0.25) is 5.88 Å². The lowest BCUT2D eigenvalue weighted by atomic mass is 9.99. The van der Waals surface area contributed by atoms with Gasteiger partial charge in [0.1, 0.15) is 5.69 Å². The molecule has 0 bridgehead atoms. The average molecular weight is 311 g/mol. The standard InChI is InChI=1S/C18H21N3O2/c1-13(2)23-17-11-19-16(10-20-17)18(22)21-9-8-15(12-21)14-6-4-3-5-7-14/h3-7,10-11,13,15H,8-9,12H2,1-2H3. The Hall–Kier alpha value is -2.43. The van der Waals surface area contributed by atoms with Crippen LogP contribution in [0.15, 0.2) is 42.7 Å². The summed E-state index contributed by atoms with van der Waals surface area (Å²) in [6.45, 7) is 5.34. The first-order valence-electron chi connectivity index (χ1n) is 7.96. The smallest absolute Gasteiger partial charge is 0.274 e. The summed E-state index contributed by atoms with van der Waals surface area (Å²) in [6.07, 6.45) is 4.03. The number of carbonyl (C=O) groups excluding carboxylic acids is 1. The van der Waals surface area contributed by atoms with Crippen molar-refractivity contribution in [2.75, 3.05) is 13.1 Å².